The molecule has 3 rings (SSSR count). The van der Waals surface area contributed by atoms with Crippen molar-refractivity contribution in [3.05, 3.63) is 53.3 Å². The van der Waals surface area contributed by atoms with Crippen LogP contribution in [0.15, 0.2) is 53.3 Å². The maximum Gasteiger partial charge on any atom is 0.135 e. The largest absolute Gasteiger partial charge is 0.370 e. The first-order valence-corrected chi connectivity index (χ1v) is 7.56. The molecule has 1 heterocycles. The molecule has 2 aromatic carbocycles. The third kappa shape index (κ3) is 3.31. The van der Waals surface area contributed by atoms with Crippen LogP contribution >= 0.6 is 15.9 Å². The van der Waals surface area contributed by atoms with Gasteiger partial charge in [-0.1, -0.05) is 28.1 Å². The number of benzene rings is 2. The van der Waals surface area contributed by atoms with Gasteiger partial charge in [-0.3, -0.25) is 0 Å². The zero-order chi connectivity index (χ0) is 14.7. The predicted molar refractivity (Wildman–Crippen MR) is 91.1 cm³/mol. The normalized spacial score (nSPS) is 10.6. The maximum atomic E-state index is 4.24. The summed E-state index contributed by atoms with van der Waals surface area (Å²) < 4.78 is 1.08. The summed E-state index contributed by atoms with van der Waals surface area (Å²) in [5.41, 5.74) is 1.01. The number of anilines is 3. The van der Waals surface area contributed by atoms with E-state index < -0.39 is 0 Å². The van der Waals surface area contributed by atoms with E-state index >= 15 is 0 Å². The molecule has 1 aromatic heterocycles. The Balaban J connectivity index is 1.87. The van der Waals surface area contributed by atoms with Crippen molar-refractivity contribution < 1.29 is 0 Å². The summed E-state index contributed by atoms with van der Waals surface area (Å²) in [5.74, 6) is 1.59. The number of nitrogens with one attached hydrogen (secondary N) is 2. The summed E-state index contributed by atoms with van der Waals surface area (Å²) in [7, 11) is 0. The fraction of sp³-hybridized carbons (Fsp3) is 0.125. The third-order valence-corrected chi connectivity index (χ3v) is 3.59. The Morgan fingerprint density at radius 2 is 1.71 bits per heavy atom. The zero-order valence-corrected chi connectivity index (χ0v) is 13.2. The molecule has 0 atom stereocenters. The molecule has 0 aliphatic rings. The molecule has 0 unspecified atom stereocenters. The molecule has 3 aromatic rings. The monoisotopic (exact) mass is 342 g/mol. The molecular weight excluding hydrogens is 328 g/mol. The van der Waals surface area contributed by atoms with Gasteiger partial charge in [0, 0.05) is 22.8 Å². The molecule has 4 nitrogen and oxygen atoms in total. The quantitative estimate of drug-likeness (QED) is 0.729. The van der Waals surface area contributed by atoms with Crippen LogP contribution in [0, 0.1) is 0 Å². The number of halogens is 1. The maximum absolute atomic E-state index is 4.24. The standard InChI is InChI=1S/C16H15BrN4/c1-2-18-15-9-16(20-10-19-15)21-14-6-4-11-7-13(17)5-3-12(11)8-14/h3-10H,2H2,1H3,(H2,18,19,20,21). The average molecular weight is 343 g/mol. The summed E-state index contributed by atoms with van der Waals surface area (Å²) in [6, 6.07) is 14.4. The lowest BCUT2D eigenvalue weighted by Gasteiger charge is -2.08. The van der Waals surface area contributed by atoms with Crippen molar-refractivity contribution >= 4 is 44.0 Å². The summed E-state index contributed by atoms with van der Waals surface area (Å²) in [4.78, 5) is 8.40. The van der Waals surface area contributed by atoms with Gasteiger partial charge in [0.25, 0.3) is 0 Å². The lowest BCUT2D eigenvalue weighted by Crippen LogP contribution is -2.01. The summed E-state index contributed by atoms with van der Waals surface area (Å²) in [6.45, 7) is 2.87. The van der Waals surface area contributed by atoms with Gasteiger partial charge in [-0.2, -0.15) is 0 Å². The fourth-order valence-corrected chi connectivity index (χ4v) is 2.52. The Morgan fingerprint density at radius 3 is 2.57 bits per heavy atom. The van der Waals surface area contributed by atoms with Crippen molar-refractivity contribution in [2.24, 2.45) is 0 Å². The van der Waals surface area contributed by atoms with Gasteiger partial charge < -0.3 is 10.6 Å². The van der Waals surface area contributed by atoms with E-state index in [2.05, 4.69) is 60.8 Å². The van der Waals surface area contributed by atoms with E-state index in [0.29, 0.717) is 0 Å². The van der Waals surface area contributed by atoms with E-state index in [1.165, 1.54) is 10.8 Å². The molecule has 0 fully saturated rings. The molecule has 2 N–H and O–H groups in total. The number of hydrogen-bond donors (Lipinski definition) is 2. The van der Waals surface area contributed by atoms with Crippen LogP contribution in [0.25, 0.3) is 10.8 Å². The van der Waals surface area contributed by atoms with E-state index in [9.17, 15) is 0 Å². The second-order valence-electron chi connectivity index (χ2n) is 4.65. The average Bonchev–Trinajstić information content (AvgIpc) is 2.48. The molecule has 0 bridgehead atoms. The molecule has 0 amide bonds. The minimum atomic E-state index is 0.775. The topological polar surface area (TPSA) is 49.8 Å². The number of nitrogens with zero attached hydrogens (tertiary/aromatic N) is 2. The summed E-state index contributed by atoms with van der Waals surface area (Å²) in [5, 5.41) is 8.86. The lowest BCUT2D eigenvalue weighted by molar-refractivity contribution is 1.11. The minimum absolute atomic E-state index is 0.775. The van der Waals surface area contributed by atoms with Crippen molar-refractivity contribution in [3.8, 4) is 0 Å². The van der Waals surface area contributed by atoms with Gasteiger partial charge >= 0.3 is 0 Å². The Bertz CT molecular complexity index is 773. The highest BCUT2D eigenvalue weighted by Gasteiger charge is 2.01. The Hall–Kier alpha value is -2.14. The lowest BCUT2D eigenvalue weighted by atomic mass is 10.1. The summed E-state index contributed by atoms with van der Waals surface area (Å²) in [6.07, 6.45) is 1.55. The smallest absolute Gasteiger partial charge is 0.135 e. The first kappa shape index (κ1) is 13.8. The highest BCUT2D eigenvalue weighted by molar-refractivity contribution is 9.10. The van der Waals surface area contributed by atoms with Crippen LogP contribution in [0.2, 0.25) is 0 Å². The first-order chi connectivity index (χ1) is 10.2. The van der Waals surface area contributed by atoms with E-state index in [1.807, 2.05) is 25.1 Å². The second-order valence-corrected chi connectivity index (χ2v) is 5.57. The minimum Gasteiger partial charge on any atom is -0.370 e. The van der Waals surface area contributed by atoms with Gasteiger partial charge in [0.1, 0.15) is 18.0 Å². The van der Waals surface area contributed by atoms with Gasteiger partial charge in [-0.05, 0) is 42.0 Å². The van der Waals surface area contributed by atoms with Crippen LogP contribution < -0.4 is 10.6 Å². The number of aromatic nitrogens is 2. The Kier molecular flexibility index (Phi) is 4.01. The number of hydrogen-bond acceptors (Lipinski definition) is 4. The van der Waals surface area contributed by atoms with E-state index in [0.717, 1.165) is 28.3 Å². The molecule has 0 saturated carbocycles. The second kappa shape index (κ2) is 6.10. The molecule has 21 heavy (non-hydrogen) atoms. The Labute approximate surface area is 131 Å². The van der Waals surface area contributed by atoms with E-state index in [4.69, 9.17) is 0 Å². The van der Waals surface area contributed by atoms with Gasteiger partial charge in [-0.15, -0.1) is 0 Å². The molecule has 0 aliphatic carbocycles. The van der Waals surface area contributed by atoms with Crippen LogP contribution in [0.5, 0.6) is 0 Å². The number of fused-ring (bicyclic) bond motifs is 1. The van der Waals surface area contributed by atoms with Gasteiger partial charge in [-0.25, -0.2) is 9.97 Å². The van der Waals surface area contributed by atoms with E-state index in [1.54, 1.807) is 6.33 Å². The van der Waals surface area contributed by atoms with Gasteiger partial charge in [0.2, 0.25) is 0 Å². The fourth-order valence-electron chi connectivity index (χ4n) is 2.15. The van der Waals surface area contributed by atoms with Crippen LogP contribution in [0.1, 0.15) is 6.92 Å². The van der Waals surface area contributed by atoms with Crippen molar-refractivity contribution in [1.82, 2.24) is 9.97 Å². The summed E-state index contributed by atoms with van der Waals surface area (Å²) >= 11 is 3.49. The van der Waals surface area contributed by atoms with Crippen molar-refractivity contribution in [3.63, 3.8) is 0 Å². The third-order valence-electron chi connectivity index (χ3n) is 3.10. The number of rotatable bonds is 4. The Morgan fingerprint density at radius 1 is 0.952 bits per heavy atom. The molecule has 0 radical (unpaired) electrons. The van der Waals surface area contributed by atoms with Crippen molar-refractivity contribution in [1.29, 1.82) is 0 Å². The zero-order valence-electron chi connectivity index (χ0n) is 11.6. The van der Waals surface area contributed by atoms with Crippen LogP contribution in [-0.4, -0.2) is 16.5 Å². The van der Waals surface area contributed by atoms with Crippen LogP contribution in [0.4, 0.5) is 17.3 Å². The van der Waals surface area contributed by atoms with Gasteiger partial charge in [0.05, 0.1) is 0 Å². The molecule has 5 heteroatoms. The SMILES string of the molecule is CCNc1cc(Nc2ccc3cc(Br)ccc3c2)ncn1. The van der Waals surface area contributed by atoms with Crippen LogP contribution in [-0.2, 0) is 0 Å². The predicted octanol–water partition coefficient (Wildman–Crippen LogP) is 4.57. The molecule has 0 aliphatic heterocycles. The van der Waals surface area contributed by atoms with Crippen LogP contribution in [0.3, 0.4) is 0 Å². The van der Waals surface area contributed by atoms with E-state index in [-0.39, 0.29) is 0 Å². The molecular formula is C16H15BrN4. The molecule has 106 valence electrons. The molecule has 0 saturated heterocycles. The first-order valence-electron chi connectivity index (χ1n) is 6.77. The highest BCUT2D eigenvalue weighted by atomic mass is 79.9. The highest BCUT2D eigenvalue weighted by Crippen LogP contribution is 2.24. The van der Waals surface area contributed by atoms with Crippen molar-refractivity contribution in [2.45, 2.75) is 6.92 Å². The molecule has 0 spiro atoms. The van der Waals surface area contributed by atoms with Gasteiger partial charge in [0.15, 0.2) is 0 Å². The van der Waals surface area contributed by atoms with Crippen molar-refractivity contribution in [2.75, 3.05) is 17.2 Å².